The van der Waals surface area contributed by atoms with Gasteiger partial charge in [-0.3, -0.25) is 9.59 Å². The number of hydrogen-bond donors (Lipinski definition) is 1. The van der Waals surface area contributed by atoms with E-state index in [0.29, 0.717) is 6.29 Å². The first-order valence-electron chi connectivity index (χ1n) is 7.32. The first kappa shape index (κ1) is 15.5. The van der Waals surface area contributed by atoms with E-state index in [-0.39, 0.29) is 23.3 Å². The van der Waals surface area contributed by atoms with Crippen LogP contribution in [0.2, 0.25) is 0 Å². The normalized spacial score (nSPS) is 17.0. The number of nitrogens with one attached hydrogen (secondary N) is 1. The van der Waals surface area contributed by atoms with Crippen LogP contribution in [0.1, 0.15) is 49.4 Å². The van der Waals surface area contributed by atoms with Crippen LogP contribution in [0, 0.1) is 5.82 Å². The van der Waals surface area contributed by atoms with E-state index in [1.165, 1.54) is 18.6 Å². The van der Waals surface area contributed by atoms with Crippen molar-refractivity contribution in [2.75, 3.05) is 0 Å². The minimum atomic E-state index is -0.775. The van der Waals surface area contributed by atoms with E-state index in [9.17, 15) is 14.0 Å². The zero-order valence-corrected chi connectivity index (χ0v) is 12.1. The van der Waals surface area contributed by atoms with Gasteiger partial charge >= 0.3 is 0 Å². The number of halogens is 1. The molecular weight excluding hydrogens is 273 g/mol. The topological polar surface area (TPSA) is 55.4 Å². The Morgan fingerprint density at radius 1 is 1.38 bits per heavy atom. The Hall–Kier alpha value is -1.91. The molecule has 1 fully saturated rings. The maximum absolute atomic E-state index is 13.7. The number of rotatable bonds is 5. The van der Waals surface area contributed by atoms with Gasteiger partial charge in [0, 0.05) is 11.6 Å². The third kappa shape index (κ3) is 4.28. The maximum atomic E-state index is 13.7. The molecule has 1 aliphatic rings. The van der Waals surface area contributed by atoms with E-state index in [0.717, 1.165) is 31.7 Å². The number of carbonyl (C=O) groups is 2. The Bertz CT molecular complexity index is 512. The van der Waals surface area contributed by atoms with Crippen molar-refractivity contribution >= 4 is 12.2 Å². The number of carbonyl (C=O) groups excluding carboxylic acids is 2. The van der Waals surface area contributed by atoms with Gasteiger partial charge in [-0.2, -0.15) is 0 Å². The van der Waals surface area contributed by atoms with Gasteiger partial charge in [0.2, 0.25) is 0 Å². The Balaban J connectivity index is 1.92. The second-order valence-electron chi connectivity index (χ2n) is 5.41. The highest BCUT2D eigenvalue weighted by Gasteiger charge is 2.21. The van der Waals surface area contributed by atoms with E-state index >= 15 is 0 Å². The van der Waals surface area contributed by atoms with Gasteiger partial charge in [0.25, 0.3) is 5.91 Å². The van der Waals surface area contributed by atoms with Crippen molar-refractivity contribution in [1.82, 2.24) is 5.32 Å². The molecule has 1 unspecified atom stereocenters. The molecule has 1 N–H and O–H groups in total. The van der Waals surface area contributed by atoms with Crippen molar-refractivity contribution in [3.05, 3.63) is 29.6 Å². The van der Waals surface area contributed by atoms with E-state index in [4.69, 9.17) is 4.74 Å². The minimum Gasteiger partial charge on any atom is -0.478 e. The summed E-state index contributed by atoms with van der Waals surface area (Å²) in [6, 6.07) is 4.11. The number of hydrogen-bond acceptors (Lipinski definition) is 3. The Morgan fingerprint density at radius 2 is 2.10 bits per heavy atom. The summed E-state index contributed by atoms with van der Waals surface area (Å²) >= 11 is 0. The summed E-state index contributed by atoms with van der Waals surface area (Å²) in [7, 11) is 0. The molecule has 1 aliphatic carbocycles. The first-order chi connectivity index (χ1) is 10.1. The lowest BCUT2D eigenvalue weighted by Gasteiger charge is -2.24. The first-order valence-corrected chi connectivity index (χ1v) is 7.32. The fraction of sp³-hybridized carbons (Fsp3) is 0.500. The Morgan fingerprint density at radius 3 is 2.71 bits per heavy atom. The van der Waals surface area contributed by atoms with Crippen molar-refractivity contribution in [1.29, 1.82) is 0 Å². The summed E-state index contributed by atoms with van der Waals surface area (Å²) in [5.41, 5.74) is 0.235. The van der Waals surface area contributed by atoms with Crippen molar-refractivity contribution in [2.24, 2.45) is 0 Å². The van der Waals surface area contributed by atoms with Crippen LogP contribution in [0.5, 0.6) is 5.75 Å². The van der Waals surface area contributed by atoms with Gasteiger partial charge in [-0.25, -0.2) is 4.39 Å². The third-order valence-corrected chi connectivity index (χ3v) is 3.72. The molecular formula is C16H20FNO3. The van der Waals surface area contributed by atoms with E-state index in [1.54, 1.807) is 6.92 Å². The van der Waals surface area contributed by atoms with Crippen LogP contribution in [-0.2, 0) is 4.79 Å². The SMILES string of the molecule is CC(Oc1ccc(C=O)cc1F)C(=O)NC1CCCCC1. The lowest BCUT2D eigenvalue weighted by Crippen LogP contribution is -2.43. The van der Waals surface area contributed by atoms with Crippen LogP contribution < -0.4 is 10.1 Å². The Kier molecular flexibility index (Phi) is 5.31. The number of amides is 1. The quantitative estimate of drug-likeness (QED) is 0.849. The van der Waals surface area contributed by atoms with Gasteiger partial charge < -0.3 is 10.1 Å². The zero-order chi connectivity index (χ0) is 15.2. The van der Waals surface area contributed by atoms with Crippen LogP contribution in [0.15, 0.2) is 18.2 Å². The summed E-state index contributed by atoms with van der Waals surface area (Å²) in [6.07, 6.45) is 5.23. The average Bonchev–Trinajstić information content (AvgIpc) is 2.50. The predicted octanol–water partition coefficient (Wildman–Crippen LogP) is 2.85. The number of aldehydes is 1. The number of ether oxygens (including phenoxy) is 1. The lowest BCUT2D eigenvalue weighted by atomic mass is 9.95. The second-order valence-corrected chi connectivity index (χ2v) is 5.41. The molecule has 0 radical (unpaired) electrons. The van der Waals surface area contributed by atoms with Crippen LogP contribution in [0.4, 0.5) is 4.39 Å². The summed E-state index contributed by atoms with van der Waals surface area (Å²) < 4.78 is 19.0. The predicted molar refractivity (Wildman–Crippen MR) is 76.9 cm³/mol. The minimum absolute atomic E-state index is 0.0214. The lowest BCUT2D eigenvalue weighted by molar-refractivity contribution is -0.128. The van der Waals surface area contributed by atoms with Gasteiger partial charge in [-0.1, -0.05) is 19.3 Å². The van der Waals surface area contributed by atoms with Gasteiger partial charge in [0.1, 0.15) is 6.29 Å². The van der Waals surface area contributed by atoms with E-state index in [2.05, 4.69) is 5.32 Å². The highest BCUT2D eigenvalue weighted by molar-refractivity contribution is 5.81. The highest BCUT2D eigenvalue weighted by Crippen LogP contribution is 2.20. The summed E-state index contributed by atoms with van der Waals surface area (Å²) in [5.74, 6) is -0.899. The molecule has 0 saturated heterocycles. The van der Waals surface area contributed by atoms with Gasteiger partial charge in [0.15, 0.2) is 17.7 Å². The standard InChI is InChI=1S/C16H20FNO3/c1-11(16(20)18-13-5-3-2-4-6-13)21-15-8-7-12(10-19)9-14(15)17/h7-11,13H,2-6H2,1H3,(H,18,20). The van der Waals surface area contributed by atoms with Crippen LogP contribution in [0.3, 0.4) is 0 Å². The molecule has 21 heavy (non-hydrogen) atoms. The average molecular weight is 293 g/mol. The van der Waals surface area contributed by atoms with Crippen molar-refractivity contribution in [2.45, 2.75) is 51.2 Å². The molecule has 114 valence electrons. The summed E-state index contributed by atoms with van der Waals surface area (Å²) in [5, 5.41) is 2.94. The highest BCUT2D eigenvalue weighted by atomic mass is 19.1. The van der Waals surface area contributed by atoms with E-state index < -0.39 is 11.9 Å². The third-order valence-electron chi connectivity index (χ3n) is 3.72. The van der Waals surface area contributed by atoms with Crippen LogP contribution in [-0.4, -0.2) is 24.3 Å². The fourth-order valence-corrected chi connectivity index (χ4v) is 2.50. The molecule has 1 atom stereocenters. The van der Waals surface area contributed by atoms with Crippen molar-refractivity contribution in [3.63, 3.8) is 0 Å². The van der Waals surface area contributed by atoms with Gasteiger partial charge in [0.05, 0.1) is 0 Å². The zero-order valence-electron chi connectivity index (χ0n) is 12.1. The molecule has 5 heteroatoms. The second kappa shape index (κ2) is 7.20. The molecule has 0 aliphatic heterocycles. The fourth-order valence-electron chi connectivity index (χ4n) is 2.50. The Labute approximate surface area is 123 Å². The smallest absolute Gasteiger partial charge is 0.260 e. The largest absolute Gasteiger partial charge is 0.478 e. The molecule has 0 heterocycles. The molecule has 1 aromatic rings. The number of benzene rings is 1. The van der Waals surface area contributed by atoms with Crippen LogP contribution in [0.25, 0.3) is 0 Å². The van der Waals surface area contributed by atoms with Crippen molar-refractivity contribution < 1.29 is 18.7 Å². The molecule has 1 aromatic carbocycles. The summed E-state index contributed by atoms with van der Waals surface area (Å²) in [6.45, 7) is 1.59. The molecule has 0 aromatic heterocycles. The molecule has 0 bridgehead atoms. The van der Waals surface area contributed by atoms with Crippen LogP contribution >= 0.6 is 0 Å². The molecule has 4 nitrogen and oxygen atoms in total. The molecule has 1 saturated carbocycles. The van der Waals surface area contributed by atoms with Gasteiger partial charge in [-0.05, 0) is 38.0 Å². The molecule has 0 spiro atoms. The molecule has 1 amide bonds. The monoisotopic (exact) mass is 293 g/mol. The maximum Gasteiger partial charge on any atom is 0.260 e. The molecule has 2 rings (SSSR count). The van der Waals surface area contributed by atoms with E-state index in [1.807, 2.05) is 0 Å². The van der Waals surface area contributed by atoms with Crippen molar-refractivity contribution in [3.8, 4) is 5.75 Å². The van der Waals surface area contributed by atoms with Gasteiger partial charge in [-0.15, -0.1) is 0 Å². The summed E-state index contributed by atoms with van der Waals surface area (Å²) in [4.78, 5) is 22.6.